The molecule has 3 nitrogen and oxygen atoms in total. The Balaban J connectivity index is 0.000000148. The number of nitrogens with zero attached hydrogens (tertiary/aromatic N) is 3. The van der Waals surface area contributed by atoms with Crippen molar-refractivity contribution in [2.75, 3.05) is 0 Å². The normalized spacial score (nSPS) is 11.8. The molecular formula is C81H49N3. The highest BCUT2D eigenvalue weighted by molar-refractivity contribution is 6.26. The Bertz CT molecular complexity index is 5340. The molecule has 0 atom stereocenters. The summed E-state index contributed by atoms with van der Waals surface area (Å²) in [5.74, 6) is 0. The van der Waals surface area contributed by atoms with Crippen LogP contribution in [0.15, 0.2) is 297 Å². The summed E-state index contributed by atoms with van der Waals surface area (Å²) in [7, 11) is 0. The topological polar surface area (TPSA) is 38.7 Å². The highest BCUT2D eigenvalue weighted by atomic mass is 14.9. The van der Waals surface area contributed by atoms with Gasteiger partial charge in [0.25, 0.3) is 0 Å². The molecule has 0 N–H and O–H groups in total. The van der Waals surface area contributed by atoms with Crippen LogP contribution >= 0.6 is 0 Å². The van der Waals surface area contributed by atoms with Crippen LogP contribution in [0.2, 0.25) is 0 Å². The third-order valence-electron chi connectivity index (χ3n) is 17.4. The molecule has 0 unspecified atom stereocenters. The van der Waals surface area contributed by atoms with Crippen LogP contribution in [0.1, 0.15) is 0 Å². The molecule has 3 heteroatoms. The minimum Gasteiger partial charge on any atom is -0.256 e. The smallest absolute Gasteiger partial charge is 0.0980 e. The Morgan fingerprint density at radius 2 is 0.631 bits per heavy atom. The van der Waals surface area contributed by atoms with E-state index in [1.165, 1.54) is 126 Å². The molecule has 0 fully saturated rings. The summed E-state index contributed by atoms with van der Waals surface area (Å²) in [5.41, 5.74) is 24.3. The van der Waals surface area contributed by atoms with E-state index >= 15 is 0 Å². The van der Waals surface area contributed by atoms with E-state index in [9.17, 15) is 0 Å². The molecule has 18 rings (SSSR count). The standard InChI is InChI=1S/C50H30N2.C31H19N/c1-3-10-31(11-4-1)33-18-20-37-28-40(24-22-35(37)26-33)47-48(41-25-23-36-27-34(19-21-38(36)29-41)32-12-5-2-6-13-32)52-50-45-30-39-14-7-8-15-42(39)43-16-9-17-44(46(43)45)49(50)51-47;1-3-9-20(10-4-1)23-16-17-24(21-11-5-2-6-12-21)30-27-19-22-13-8-18-32-31(22)26-15-7-14-25(28(26)27)29(23)30/h1-30H;1-19H. The van der Waals surface area contributed by atoms with Crippen molar-refractivity contribution >= 4 is 64.8 Å². The number of rotatable bonds is 6. The van der Waals surface area contributed by atoms with Crippen LogP contribution in [-0.2, 0) is 0 Å². The van der Waals surface area contributed by atoms with Gasteiger partial charge in [-0.3, -0.25) is 4.98 Å². The van der Waals surface area contributed by atoms with Gasteiger partial charge in [-0.25, -0.2) is 9.97 Å². The molecule has 0 bridgehead atoms. The van der Waals surface area contributed by atoms with Crippen LogP contribution in [0.4, 0.5) is 0 Å². The summed E-state index contributed by atoms with van der Waals surface area (Å²) in [5, 5.41) is 13.4. The fraction of sp³-hybridized carbons (Fsp3) is 0. The Morgan fingerprint density at radius 3 is 1.21 bits per heavy atom. The molecule has 388 valence electrons. The zero-order chi connectivity index (χ0) is 55.2. The molecule has 16 aromatic rings. The molecule has 0 radical (unpaired) electrons. The maximum absolute atomic E-state index is 5.59. The second-order valence-corrected chi connectivity index (χ2v) is 22.1. The predicted octanol–water partition coefficient (Wildman–Crippen LogP) is 21.8. The Hall–Kier alpha value is -11.1. The fourth-order valence-electron chi connectivity index (χ4n) is 13.5. The maximum atomic E-state index is 5.59. The van der Waals surface area contributed by atoms with Crippen LogP contribution in [0.5, 0.6) is 0 Å². The van der Waals surface area contributed by atoms with Gasteiger partial charge in [0.15, 0.2) is 0 Å². The van der Waals surface area contributed by atoms with E-state index in [2.05, 4.69) is 285 Å². The first-order valence-electron chi connectivity index (χ1n) is 28.8. The average Bonchev–Trinajstić information content (AvgIpc) is 2.01. The van der Waals surface area contributed by atoms with Crippen LogP contribution < -0.4 is 0 Å². The lowest BCUT2D eigenvalue weighted by atomic mass is 9.88. The molecule has 0 aliphatic heterocycles. The van der Waals surface area contributed by atoms with Gasteiger partial charge in [-0.15, -0.1) is 0 Å². The number of hydrogen-bond acceptors (Lipinski definition) is 3. The van der Waals surface area contributed by atoms with E-state index in [1.54, 1.807) is 0 Å². The molecule has 14 aromatic carbocycles. The van der Waals surface area contributed by atoms with Gasteiger partial charge in [-0.1, -0.05) is 249 Å². The van der Waals surface area contributed by atoms with Crippen molar-refractivity contribution < 1.29 is 0 Å². The second kappa shape index (κ2) is 19.3. The summed E-state index contributed by atoms with van der Waals surface area (Å²) in [6.07, 6.45) is 1.89. The third-order valence-corrected chi connectivity index (χ3v) is 17.4. The summed E-state index contributed by atoms with van der Waals surface area (Å²) < 4.78 is 0. The first-order chi connectivity index (χ1) is 41.6. The van der Waals surface area contributed by atoms with Crippen molar-refractivity contribution in [1.82, 2.24) is 15.0 Å². The van der Waals surface area contributed by atoms with Gasteiger partial charge in [0, 0.05) is 44.6 Å². The van der Waals surface area contributed by atoms with Gasteiger partial charge in [0.2, 0.25) is 0 Å². The number of hydrogen-bond donors (Lipinski definition) is 0. The van der Waals surface area contributed by atoms with E-state index in [0.29, 0.717) is 0 Å². The van der Waals surface area contributed by atoms with E-state index in [-0.39, 0.29) is 0 Å². The lowest BCUT2D eigenvalue weighted by Crippen LogP contribution is -1.98. The Morgan fingerprint density at radius 1 is 0.202 bits per heavy atom. The van der Waals surface area contributed by atoms with Crippen molar-refractivity contribution in [2.45, 2.75) is 0 Å². The van der Waals surface area contributed by atoms with Crippen molar-refractivity contribution in [3.8, 4) is 112 Å². The van der Waals surface area contributed by atoms with E-state index < -0.39 is 0 Å². The first kappa shape index (κ1) is 47.7. The summed E-state index contributed by atoms with van der Waals surface area (Å²) in [6, 6.07) is 105. The quantitative estimate of drug-likeness (QED) is 0.156. The van der Waals surface area contributed by atoms with Gasteiger partial charge in [0.05, 0.1) is 28.3 Å². The molecule has 2 aromatic heterocycles. The molecule has 2 aliphatic rings. The number of benzene rings is 14. The fourth-order valence-corrected chi connectivity index (χ4v) is 13.5. The molecule has 0 spiro atoms. The largest absolute Gasteiger partial charge is 0.256 e. The molecule has 0 amide bonds. The average molecular weight is 1060 g/mol. The maximum Gasteiger partial charge on any atom is 0.0980 e. The Kier molecular flexibility index (Phi) is 10.9. The number of fused-ring (bicyclic) bond motifs is 12. The lowest BCUT2D eigenvalue weighted by Gasteiger charge is -2.15. The van der Waals surface area contributed by atoms with Gasteiger partial charge in [-0.2, -0.15) is 0 Å². The SMILES string of the molecule is c1ccc(-c2ccc(-c3ccccc3)c3c2-c2cccc4c2c-3cc2cccnc24)cc1.c1ccc(-c2ccc3cc(-c4nc5c(nc4-c4ccc6cc(-c7ccccc7)ccc6c4)-c4cc6ccccc6c6cccc-5c46)ccc3c2)cc1. The van der Waals surface area contributed by atoms with Crippen molar-refractivity contribution in [3.05, 3.63) is 297 Å². The lowest BCUT2D eigenvalue weighted by molar-refractivity contribution is 1.23. The zero-order valence-electron chi connectivity index (χ0n) is 45.6. The van der Waals surface area contributed by atoms with Gasteiger partial charge >= 0.3 is 0 Å². The van der Waals surface area contributed by atoms with Gasteiger partial charge < -0.3 is 0 Å². The van der Waals surface area contributed by atoms with Gasteiger partial charge in [-0.05, 0) is 152 Å². The Labute approximate surface area is 486 Å². The van der Waals surface area contributed by atoms with Crippen LogP contribution in [-0.4, -0.2) is 15.0 Å². The first-order valence-corrected chi connectivity index (χ1v) is 28.8. The van der Waals surface area contributed by atoms with Crippen molar-refractivity contribution in [2.24, 2.45) is 0 Å². The zero-order valence-corrected chi connectivity index (χ0v) is 45.6. The highest BCUT2D eigenvalue weighted by Gasteiger charge is 2.30. The molecule has 0 saturated heterocycles. The number of aromatic nitrogens is 3. The van der Waals surface area contributed by atoms with Gasteiger partial charge in [0.1, 0.15) is 0 Å². The summed E-state index contributed by atoms with van der Waals surface area (Å²) in [4.78, 5) is 15.9. The highest BCUT2D eigenvalue weighted by Crippen LogP contribution is 2.56. The summed E-state index contributed by atoms with van der Waals surface area (Å²) in [6.45, 7) is 0. The van der Waals surface area contributed by atoms with E-state index in [4.69, 9.17) is 15.0 Å². The number of pyridine rings is 1. The second-order valence-electron chi connectivity index (χ2n) is 22.1. The predicted molar refractivity (Wildman–Crippen MR) is 353 cm³/mol. The third kappa shape index (κ3) is 7.71. The molecule has 0 saturated carbocycles. The monoisotopic (exact) mass is 1060 g/mol. The van der Waals surface area contributed by atoms with Crippen molar-refractivity contribution in [1.29, 1.82) is 0 Å². The van der Waals surface area contributed by atoms with Crippen LogP contribution in [0.25, 0.3) is 177 Å². The van der Waals surface area contributed by atoms with Crippen LogP contribution in [0, 0.1) is 0 Å². The molecule has 2 aliphatic carbocycles. The van der Waals surface area contributed by atoms with Crippen LogP contribution in [0.3, 0.4) is 0 Å². The van der Waals surface area contributed by atoms with Crippen molar-refractivity contribution in [3.63, 3.8) is 0 Å². The van der Waals surface area contributed by atoms with E-state index in [0.717, 1.165) is 50.5 Å². The molecule has 84 heavy (non-hydrogen) atoms. The minimum atomic E-state index is 0.891. The van der Waals surface area contributed by atoms with E-state index in [1.807, 2.05) is 12.3 Å². The summed E-state index contributed by atoms with van der Waals surface area (Å²) >= 11 is 0. The molecular weight excluding hydrogens is 1010 g/mol. The minimum absolute atomic E-state index is 0.891. The molecule has 2 heterocycles.